The Morgan fingerprint density at radius 3 is 2.48 bits per heavy atom. The molecule has 0 spiro atoms. The summed E-state index contributed by atoms with van der Waals surface area (Å²) in [6.07, 6.45) is 2.64. The number of hydrogen-bond acceptors (Lipinski definition) is 2. The van der Waals surface area contributed by atoms with E-state index >= 15 is 0 Å². The molecule has 0 bridgehead atoms. The largest absolute Gasteiger partial charge is 0.343 e. The molecule has 0 fully saturated rings. The molecule has 130 valence electrons. The van der Waals surface area contributed by atoms with E-state index in [1.807, 2.05) is 5.32 Å². The molecule has 0 atom stereocenters. The van der Waals surface area contributed by atoms with Gasteiger partial charge in [0.25, 0.3) is 0 Å². The minimum Gasteiger partial charge on any atom is -0.343 e. The number of benzene rings is 2. The van der Waals surface area contributed by atoms with Crippen molar-refractivity contribution in [3.8, 4) is 0 Å². The molecule has 0 aromatic heterocycles. The van der Waals surface area contributed by atoms with Gasteiger partial charge in [-0.1, -0.05) is 29.8 Å². The fraction of sp³-hybridized carbons (Fsp3) is 0.0588. The van der Waals surface area contributed by atoms with E-state index in [-0.39, 0.29) is 0 Å². The van der Waals surface area contributed by atoms with Gasteiger partial charge in [0.1, 0.15) is 0 Å². The number of halogens is 4. The van der Waals surface area contributed by atoms with Gasteiger partial charge in [0.15, 0.2) is 17.5 Å². The van der Waals surface area contributed by atoms with Gasteiger partial charge in [0, 0.05) is 11.1 Å². The van der Waals surface area contributed by atoms with Crippen molar-refractivity contribution in [3.05, 3.63) is 70.5 Å². The van der Waals surface area contributed by atoms with Crippen molar-refractivity contribution in [1.29, 1.82) is 0 Å². The van der Waals surface area contributed by atoms with Crippen molar-refractivity contribution >= 4 is 35.2 Å². The molecular weight excluding hydrogens is 357 g/mol. The molecule has 2 rings (SSSR count). The van der Waals surface area contributed by atoms with E-state index in [9.17, 15) is 22.8 Å². The van der Waals surface area contributed by atoms with Gasteiger partial charge in [-0.05, 0) is 29.8 Å². The minimum absolute atomic E-state index is 0.457. The zero-order chi connectivity index (χ0) is 18.4. The van der Waals surface area contributed by atoms with Gasteiger partial charge >= 0.3 is 0 Å². The lowest BCUT2D eigenvalue weighted by Gasteiger charge is -2.07. The van der Waals surface area contributed by atoms with Crippen LogP contribution in [0.4, 0.5) is 18.9 Å². The quantitative estimate of drug-likeness (QED) is 0.626. The summed E-state index contributed by atoms with van der Waals surface area (Å²) in [6, 6.07) is 8.39. The second-order valence-electron chi connectivity index (χ2n) is 4.84. The van der Waals surface area contributed by atoms with Crippen molar-refractivity contribution in [3.63, 3.8) is 0 Å². The van der Waals surface area contributed by atoms with Crippen LogP contribution < -0.4 is 10.6 Å². The van der Waals surface area contributed by atoms with Crippen molar-refractivity contribution in [2.45, 2.75) is 0 Å². The Labute approximate surface area is 146 Å². The molecule has 0 aliphatic heterocycles. The first-order chi connectivity index (χ1) is 11.9. The Balaban J connectivity index is 1.89. The van der Waals surface area contributed by atoms with Crippen LogP contribution in [0.2, 0.25) is 5.02 Å². The summed E-state index contributed by atoms with van der Waals surface area (Å²) in [7, 11) is 0. The molecule has 2 aromatic carbocycles. The van der Waals surface area contributed by atoms with E-state index in [2.05, 4.69) is 5.32 Å². The zero-order valence-corrected chi connectivity index (χ0v) is 13.4. The Kier molecular flexibility index (Phi) is 6.19. The van der Waals surface area contributed by atoms with Gasteiger partial charge in [0.2, 0.25) is 11.8 Å². The normalized spacial score (nSPS) is 10.7. The van der Waals surface area contributed by atoms with Gasteiger partial charge in [0.05, 0.1) is 12.2 Å². The molecular formula is C17H12ClF3N2O2. The van der Waals surface area contributed by atoms with E-state index in [1.165, 1.54) is 12.2 Å². The summed E-state index contributed by atoms with van der Waals surface area (Å²) < 4.78 is 39.3. The van der Waals surface area contributed by atoms with E-state index < -0.39 is 41.5 Å². The molecule has 25 heavy (non-hydrogen) atoms. The highest BCUT2D eigenvalue weighted by atomic mass is 35.5. The second-order valence-corrected chi connectivity index (χ2v) is 5.25. The lowest BCUT2D eigenvalue weighted by atomic mass is 10.2. The monoisotopic (exact) mass is 368 g/mol. The highest BCUT2D eigenvalue weighted by Gasteiger charge is 2.15. The van der Waals surface area contributed by atoms with Crippen LogP contribution in [0.5, 0.6) is 0 Å². The maximum atomic E-state index is 13.4. The summed E-state index contributed by atoms with van der Waals surface area (Å²) in [5, 5.41) is 4.76. The summed E-state index contributed by atoms with van der Waals surface area (Å²) in [4.78, 5) is 23.3. The van der Waals surface area contributed by atoms with E-state index in [1.54, 1.807) is 24.3 Å². The van der Waals surface area contributed by atoms with Crippen LogP contribution in [0.3, 0.4) is 0 Å². The Hall–Kier alpha value is -2.80. The molecule has 0 aliphatic carbocycles. The number of carbonyl (C=O) groups is 2. The molecule has 0 heterocycles. The first kappa shape index (κ1) is 18.5. The molecule has 0 unspecified atom stereocenters. The average molecular weight is 369 g/mol. The lowest BCUT2D eigenvalue weighted by Crippen LogP contribution is -2.32. The van der Waals surface area contributed by atoms with Crippen molar-refractivity contribution in [2.75, 3.05) is 11.9 Å². The summed E-state index contributed by atoms with van der Waals surface area (Å²) in [6.45, 7) is -0.482. The second kappa shape index (κ2) is 8.34. The number of hydrogen-bond donors (Lipinski definition) is 2. The van der Waals surface area contributed by atoms with Crippen molar-refractivity contribution < 1.29 is 22.8 Å². The van der Waals surface area contributed by atoms with E-state index in [0.717, 1.165) is 6.07 Å². The SMILES string of the molecule is O=C(/C=C/c1ccccc1Cl)NCC(=O)Nc1ccc(F)c(F)c1F. The summed E-state index contributed by atoms with van der Waals surface area (Å²) in [5.74, 6) is -5.96. The predicted octanol–water partition coefficient (Wildman–Crippen LogP) is 3.53. The minimum atomic E-state index is -1.69. The van der Waals surface area contributed by atoms with Crippen molar-refractivity contribution in [2.24, 2.45) is 0 Å². The third kappa shape index (κ3) is 5.09. The van der Waals surface area contributed by atoms with E-state index in [4.69, 9.17) is 11.6 Å². The van der Waals surface area contributed by atoms with Gasteiger partial charge in [-0.25, -0.2) is 13.2 Å². The third-order valence-electron chi connectivity index (χ3n) is 3.05. The Morgan fingerprint density at radius 1 is 1.04 bits per heavy atom. The molecule has 0 saturated carbocycles. The molecule has 4 nitrogen and oxygen atoms in total. The van der Waals surface area contributed by atoms with Crippen LogP contribution in [-0.2, 0) is 9.59 Å². The lowest BCUT2D eigenvalue weighted by molar-refractivity contribution is -0.121. The van der Waals surface area contributed by atoms with Crippen LogP contribution in [0.15, 0.2) is 42.5 Å². The number of carbonyl (C=O) groups excluding carboxylic acids is 2. The highest BCUT2D eigenvalue weighted by molar-refractivity contribution is 6.32. The molecule has 2 N–H and O–H groups in total. The Bertz CT molecular complexity index is 841. The molecule has 0 aliphatic rings. The number of nitrogens with one attached hydrogen (secondary N) is 2. The van der Waals surface area contributed by atoms with Gasteiger partial charge in [-0.2, -0.15) is 0 Å². The summed E-state index contributed by atoms with van der Waals surface area (Å²) in [5.41, 5.74) is 0.0948. The molecule has 0 saturated heterocycles. The van der Waals surface area contributed by atoms with Gasteiger partial charge in [-0.15, -0.1) is 0 Å². The number of rotatable bonds is 5. The fourth-order valence-corrected chi connectivity index (χ4v) is 2.02. The number of amides is 2. The third-order valence-corrected chi connectivity index (χ3v) is 3.40. The zero-order valence-electron chi connectivity index (χ0n) is 12.7. The van der Waals surface area contributed by atoms with Crippen LogP contribution in [-0.4, -0.2) is 18.4 Å². The van der Waals surface area contributed by atoms with Gasteiger partial charge in [-0.3, -0.25) is 9.59 Å². The van der Waals surface area contributed by atoms with Crippen LogP contribution in [0.1, 0.15) is 5.56 Å². The molecule has 8 heteroatoms. The smallest absolute Gasteiger partial charge is 0.244 e. The molecule has 0 radical (unpaired) electrons. The number of anilines is 1. The average Bonchev–Trinajstić information content (AvgIpc) is 2.60. The first-order valence-electron chi connectivity index (χ1n) is 7.02. The van der Waals surface area contributed by atoms with Crippen LogP contribution >= 0.6 is 11.6 Å². The predicted molar refractivity (Wildman–Crippen MR) is 88.4 cm³/mol. The fourth-order valence-electron chi connectivity index (χ4n) is 1.82. The van der Waals surface area contributed by atoms with E-state index in [0.29, 0.717) is 16.7 Å². The topological polar surface area (TPSA) is 58.2 Å². The molecule has 2 aromatic rings. The maximum Gasteiger partial charge on any atom is 0.244 e. The first-order valence-corrected chi connectivity index (χ1v) is 7.40. The molecule has 2 amide bonds. The van der Waals surface area contributed by atoms with Crippen LogP contribution in [0.25, 0.3) is 6.08 Å². The maximum absolute atomic E-state index is 13.4. The standard InChI is InChI=1S/C17H12ClF3N2O2/c18-11-4-2-1-3-10(11)5-8-14(24)22-9-15(25)23-13-7-6-12(19)16(20)17(13)21/h1-8H,9H2,(H,22,24)(H,23,25)/b8-5+. The Morgan fingerprint density at radius 2 is 1.76 bits per heavy atom. The highest BCUT2D eigenvalue weighted by Crippen LogP contribution is 2.19. The van der Waals surface area contributed by atoms with Crippen molar-refractivity contribution in [1.82, 2.24) is 5.32 Å². The summed E-state index contributed by atoms with van der Waals surface area (Å²) >= 11 is 5.92. The van der Waals surface area contributed by atoms with Crippen LogP contribution in [0, 0.1) is 17.5 Å². The van der Waals surface area contributed by atoms with Gasteiger partial charge < -0.3 is 10.6 Å².